The lowest BCUT2D eigenvalue weighted by molar-refractivity contribution is -0.123. The Labute approximate surface area is 118 Å². The number of amides is 1. The predicted octanol–water partition coefficient (Wildman–Crippen LogP) is 1.05. The summed E-state index contributed by atoms with van der Waals surface area (Å²) in [4.78, 5) is 11.7. The van der Waals surface area contributed by atoms with Crippen LogP contribution >= 0.6 is 0 Å². The Morgan fingerprint density at radius 3 is 2.40 bits per heavy atom. The number of hydrogen-bond acceptors (Lipinski definition) is 5. The maximum absolute atomic E-state index is 11.7. The molecular formula is C14H22N2O4. The minimum absolute atomic E-state index is 0.124. The van der Waals surface area contributed by atoms with Crippen LogP contribution in [0.3, 0.4) is 0 Å². The second-order valence-electron chi connectivity index (χ2n) is 5.12. The van der Waals surface area contributed by atoms with Crippen LogP contribution in [0, 0.1) is 5.92 Å². The summed E-state index contributed by atoms with van der Waals surface area (Å²) in [7, 11) is 1.57. The molecule has 5 N–H and O–H groups in total. The molecule has 0 aliphatic carbocycles. The minimum atomic E-state index is -0.551. The van der Waals surface area contributed by atoms with Gasteiger partial charge in [-0.1, -0.05) is 19.9 Å². The van der Waals surface area contributed by atoms with Crippen molar-refractivity contribution in [3.8, 4) is 17.2 Å². The number of phenolic OH excluding ortho intramolecular Hbond substituents is 3. The van der Waals surface area contributed by atoms with E-state index in [0.717, 1.165) is 0 Å². The molecule has 0 bridgehead atoms. The van der Waals surface area contributed by atoms with Crippen molar-refractivity contribution in [2.45, 2.75) is 32.9 Å². The van der Waals surface area contributed by atoms with Crippen molar-refractivity contribution < 1.29 is 20.1 Å². The number of carbonyl (C=O) groups excluding carboxylic acids is 1. The molecule has 1 aromatic carbocycles. The molecule has 6 heteroatoms. The summed E-state index contributed by atoms with van der Waals surface area (Å²) < 4.78 is 0. The lowest BCUT2D eigenvalue weighted by Gasteiger charge is -2.19. The standard InChI is InChI=1S/C14H22N2O4/c1-8(2)6-10(14(20)15-3)16-7-9-4-5-11(17)13(19)12(9)18/h4-5,8,10,16-19H,6-7H2,1-3H3,(H,15,20). The summed E-state index contributed by atoms with van der Waals surface area (Å²) in [5.41, 5.74) is 0.415. The third kappa shape index (κ3) is 4.03. The van der Waals surface area contributed by atoms with E-state index in [9.17, 15) is 20.1 Å². The smallest absolute Gasteiger partial charge is 0.236 e. The van der Waals surface area contributed by atoms with Crippen LogP contribution in [-0.2, 0) is 11.3 Å². The van der Waals surface area contributed by atoms with Gasteiger partial charge in [0, 0.05) is 19.2 Å². The zero-order valence-corrected chi connectivity index (χ0v) is 12.0. The molecular weight excluding hydrogens is 260 g/mol. The first-order chi connectivity index (χ1) is 9.36. The third-order valence-corrected chi connectivity index (χ3v) is 3.02. The minimum Gasteiger partial charge on any atom is -0.504 e. The van der Waals surface area contributed by atoms with Gasteiger partial charge in [0.1, 0.15) is 0 Å². The number of phenols is 3. The van der Waals surface area contributed by atoms with Crippen molar-refractivity contribution in [1.29, 1.82) is 0 Å². The van der Waals surface area contributed by atoms with Crippen molar-refractivity contribution in [3.05, 3.63) is 17.7 Å². The van der Waals surface area contributed by atoms with Crippen molar-refractivity contribution in [2.75, 3.05) is 7.05 Å². The Balaban J connectivity index is 2.77. The van der Waals surface area contributed by atoms with E-state index in [1.807, 2.05) is 13.8 Å². The molecule has 0 spiro atoms. The van der Waals surface area contributed by atoms with Crippen molar-refractivity contribution in [1.82, 2.24) is 10.6 Å². The first kappa shape index (κ1) is 16.1. The Hall–Kier alpha value is -1.95. The first-order valence-corrected chi connectivity index (χ1v) is 6.54. The highest BCUT2D eigenvalue weighted by Gasteiger charge is 2.19. The van der Waals surface area contributed by atoms with Crippen molar-refractivity contribution in [2.24, 2.45) is 5.92 Å². The van der Waals surface area contributed by atoms with Gasteiger partial charge < -0.3 is 26.0 Å². The first-order valence-electron chi connectivity index (χ1n) is 6.54. The molecule has 20 heavy (non-hydrogen) atoms. The Morgan fingerprint density at radius 2 is 1.85 bits per heavy atom. The fourth-order valence-corrected chi connectivity index (χ4v) is 1.92. The molecule has 112 valence electrons. The number of nitrogens with one attached hydrogen (secondary N) is 2. The highest BCUT2D eigenvalue weighted by molar-refractivity contribution is 5.81. The van der Waals surface area contributed by atoms with Crippen LogP contribution in [0.25, 0.3) is 0 Å². The van der Waals surface area contributed by atoms with Gasteiger partial charge in [-0.05, 0) is 18.4 Å². The van der Waals surface area contributed by atoms with Crippen LogP contribution in [0.1, 0.15) is 25.8 Å². The lowest BCUT2D eigenvalue weighted by Crippen LogP contribution is -2.43. The van der Waals surface area contributed by atoms with E-state index >= 15 is 0 Å². The Kier molecular flexibility index (Phi) is 5.64. The molecule has 6 nitrogen and oxygen atoms in total. The van der Waals surface area contributed by atoms with Gasteiger partial charge in [-0.25, -0.2) is 0 Å². The monoisotopic (exact) mass is 282 g/mol. The fourth-order valence-electron chi connectivity index (χ4n) is 1.92. The summed E-state index contributed by atoms with van der Waals surface area (Å²) in [5, 5.41) is 34.0. The maximum Gasteiger partial charge on any atom is 0.236 e. The molecule has 0 saturated carbocycles. The summed E-state index contributed by atoms with van der Waals surface area (Å²) in [6, 6.07) is 2.41. The summed E-state index contributed by atoms with van der Waals surface area (Å²) >= 11 is 0. The second kappa shape index (κ2) is 7.00. The topological polar surface area (TPSA) is 102 Å². The largest absolute Gasteiger partial charge is 0.504 e. The van der Waals surface area contributed by atoms with E-state index in [1.165, 1.54) is 12.1 Å². The maximum atomic E-state index is 11.7. The molecule has 0 aliphatic rings. The van der Waals surface area contributed by atoms with E-state index in [4.69, 9.17) is 0 Å². The highest BCUT2D eigenvalue weighted by atomic mass is 16.3. The highest BCUT2D eigenvalue weighted by Crippen LogP contribution is 2.36. The molecule has 0 fully saturated rings. The van der Waals surface area contributed by atoms with Gasteiger partial charge in [0.15, 0.2) is 11.5 Å². The molecule has 0 aromatic heterocycles. The molecule has 1 atom stereocenters. The molecule has 1 rings (SSSR count). The van der Waals surface area contributed by atoms with E-state index in [1.54, 1.807) is 7.05 Å². The quantitative estimate of drug-likeness (QED) is 0.502. The number of hydrogen-bond donors (Lipinski definition) is 5. The van der Waals surface area contributed by atoms with Gasteiger partial charge in [-0.15, -0.1) is 0 Å². The predicted molar refractivity (Wildman–Crippen MR) is 75.6 cm³/mol. The number of aromatic hydroxyl groups is 3. The van der Waals surface area contributed by atoms with E-state index < -0.39 is 5.75 Å². The summed E-state index contributed by atoms with van der Waals surface area (Å²) in [6.07, 6.45) is 0.657. The molecule has 1 aromatic rings. The average Bonchev–Trinajstić information content (AvgIpc) is 2.41. The number of likely N-dealkylation sites (N-methyl/N-ethyl adjacent to an activating group) is 1. The van der Waals surface area contributed by atoms with Crippen LogP contribution in [0.15, 0.2) is 12.1 Å². The number of benzene rings is 1. The Bertz CT molecular complexity index is 474. The van der Waals surface area contributed by atoms with Crippen LogP contribution in [0.4, 0.5) is 0 Å². The third-order valence-electron chi connectivity index (χ3n) is 3.02. The van der Waals surface area contributed by atoms with Crippen molar-refractivity contribution in [3.63, 3.8) is 0 Å². The lowest BCUT2D eigenvalue weighted by atomic mass is 10.0. The summed E-state index contributed by atoms with van der Waals surface area (Å²) in [6.45, 7) is 4.24. The second-order valence-corrected chi connectivity index (χ2v) is 5.12. The van der Waals surface area contributed by atoms with E-state index in [2.05, 4.69) is 10.6 Å². The number of carbonyl (C=O) groups is 1. The van der Waals surface area contributed by atoms with E-state index in [0.29, 0.717) is 17.9 Å². The van der Waals surface area contributed by atoms with Crippen LogP contribution in [0.2, 0.25) is 0 Å². The normalized spacial score (nSPS) is 12.4. The van der Waals surface area contributed by atoms with Gasteiger partial charge in [0.2, 0.25) is 11.7 Å². The molecule has 0 heterocycles. The van der Waals surface area contributed by atoms with Gasteiger partial charge in [-0.3, -0.25) is 4.79 Å². The molecule has 1 unspecified atom stereocenters. The van der Waals surface area contributed by atoms with Crippen molar-refractivity contribution >= 4 is 5.91 Å². The van der Waals surface area contributed by atoms with Gasteiger partial charge >= 0.3 is 0 Å². The molecule has 0 radical (unpaired) electrons. The van der Waals surface area contributed by atoms with Crippen LogP contribution in [-0.4, -0.2) is 34.3 Å². The van der Waals surface area contributed by atoms with Crippen LogP contribution in [0.5, 0.6) is 17.2 Å². The van der Waals surface area contributed by atoms with Gasteiger partial charge in [0.05, 0.1) is 6.04 Å². The number of rotatable bonds is 6. The summed E-state index contributed by atoms with van der Waals surface area (Å²) in [5.74, 6) is -1.09. The molecule has 1 amide bonds. The molecule has 0 saturated heterocycles. The Morgan fingerprint density at radius 1 is 1.20 bits per heavy atom. The average molecular weight is 282 g/mol. The zero-order valence-electron chi connectivity index (χ0n) is 12.0. The van der Waals surface area contributed by atoms with Crippen LogP contribution < -0.4 is 10.6 Å². The molecule has 0 aliphatic heterocycles. The van der Waals surface area contributed by atoms with E-state index in [-0.39, 0.29) is 30.0 Å². The van der Waals surface area contributed by atoms with Gasteiger partial charge in [0.25, 0.3) is 0 Å². The van der Waals surface area contributed by atoms with Gasteiger partial charge in [-0.2, -0.15) is 0 Å². The zero-order chi connectivity index (χ0) is 15.3. The fraction of sp³-hybridized carbons (Fsp3) is 0.500. The SMILES string of the molecule is CNC(=O)C(CC(C)C)NCc1ccc(O)c(O)c1O.